The van der Waals surface area contributed by atoms with Crippen LogP contribution in [0.15, 0.2) is 29.2 Å². The van der Waals surface area contributed by atoms with E-state index < -0.39 is 0 Å². The SMILES string of the molecule is CN1CCNCC1Sc1ccc(C(C)(C)C)cc1. The van der Waals surface area contributed by atoms with Gasteiger partial charge in [0.25, 0.3) is 0 Å². The second-order valence-corrected chi connectivity index (χ2v) is 7.28. The van der Waals surface area contributed by atoms with Crippen molar-refractivity contribution in [3.8, 4) is 0 Å². The largest absolute Gasteiger partial charge is 0.313 e. The highest BCUT2D eigenvalue weighted by atomic mass is 32.2. The molecule has 0 bridgehead atoms. The molecule has 1 aliphatic rings. The molecular weight excluding hydrogens is 240 g/mol. The maximum atomic E-state index is 3.46. The van der Waals surface area contributed by atoms with E-state index >= 15 is 0 Å². The minimum atomic E-state index is 0.242. The number of thioether (sulfide) groups is 1. The molecule has 0 amide bonds. The van der Waals surface area contributed by atoms with E-state index in [0.29, 0.717) is 5.37 Å². The molecule has 0 spiro atoms. The Bertz CT molecular complexity index is 380. The molecule has 1 N–H and O–H groups in total. The zero-order chi connectivity index (χ0) is 13.2. The highest BCUT2D eigenvalue weighted by Crippen LogP contribution is 2.29. The monoisotopic (exact) mass is 264 g/mol. The van der Waals surface area contributed by atoms with Gasteiger partial charge < -0.3 is 5.32 Å². The summed E-state index contributed by atoms with van der Waals surface area (Å²) in [6, 6.07) is 9.04. The third-order valence-corrected chi connectivity index (χ3v) is 4.79. The van der Waals surface area contributed by atoms with Crippen molar-refractivity contribution in [1.29, 1.82) is 0 Å². The number of benzene rings is 1. The van der Waals surface area contributed by atoms with Crippen LogP contribution in [0.25, 0.3) is 0 Å². The van der Waals surface area contributed by atoms with Crippen molar-refractivity contribution in [3.63, 3.8) is 0 Å². The summed E-state index contributed by atoms with van der Waals surface area (Å²) in [5.41, 5.74) is 1.65. The number of piperazine rings is 1. The lowest BCUT2D eigenvalue weighted by molar-refractivity contribution is 0.266. The molecule has 1 aliphatic heterocycles. The van der Waals surface area contributed by atoms with Gasteiger partial charge in [-0.25, -0.2) is 0 Å². The fourth-order valence-electron chi connectivity index (χ4n) is 2.10. The molecule has 0 aliphatic carbocycles. The first-order valence-corrected chi connectivity index (χ1v) is 7.53. The quantitative estimate of drug-likeness (QED) is 0.884. The van der Waals surface area contributed by atoms with E-state index in [2.05, 4.69) is 62.3 Å². The topological polar surface area (TPSA) is 15.3 Å². The summed E-state index contributed by atoms with van der Waals surface area (Å²) in [5, 5.41) is 4.01. The zero-order valence-electron chi connectivity index (χ0n) is 11.9. The van der Waals surface area contributed by atoms with Crippen molar-refractivity contribution in [1.82, 2.24) is 10.2 Å². The Kier molecular flexibility index (Phi) is 4.36. The Labute approximate surface area is 115 Å². The zero-order valence-corrected chi connectivity index (χ0v) is 12.7. The van der Waals surface area contributed by atoms with Gasteiger partial charge >= 0.3 is 0 Å². The van der Waals surface area contributed by atoms with Gasteiger partial charge in [0, 0.05) is 24.5 Å². The predicted octanol–water partition coefficient (Wildman–Crippen LogP) is 2.94. The summed E-state index contributed by atoms with van der Waals surface area (Å²) >= 11 is 1.96. The third kappa shape index (κ3) is 3.50. The molecule has 0 saturated carbocycles. The van der Waals surface area contributed by atoms with Gasteiger partial charge in [-0.15, -0.1) is 11.8 Å². The Hall–Kier alpha value is -0.510. The van der Waals surface area contributed by atoms with Crippen molar-refractivity contribution in [2.75, 3.05) is 26.7 Å². The summed E-state index contributed by atoms with van der Waals surface area (Å²) in [7, 11) is 2.21. The molecule has 2 rings (SSSR count). The standard InChI is InChI=1S/C15H24N2S/c1-15(2,3)12-5-7-13(8-6-12)18-14-11-16-9-10-17(14)4/h5-8,14,16H,9-11H2,1-4H3. The Balaban J connectivity index is 2.02. The summed E-state index contributed by atoms with van der Waals surface area (Å²) in [5.74, 6) is 0. The molecule has 0 radical (unpaired) electrons. The van der Waals surface area contributed by atoms with Crippen LogP contribution in [-0.2, 0) is 5.41 Å². The maximum Gasteiger partial charge on any atom is 0.0728 e. The van der Waals surface area contributed by atoms with Crippen molar-refractivity contribution >= 4 is 11.8 Å². The van der Waals surface area contributed by atoms with Crippen LogP contribution >= 0.6 is 11.8 Å². The molecule has 1 saturated heterocycles. The van der Waals surface area contributed by atoms with E-state index in [0.717, 1.165) is 19.6 Å². The van der Waals surface area contributed by atoms with Gasteiger partial charge in [0.05, 0.1) is 5.37 Å². The predicted molar refractivity (Wildman–Crippen MR) is 80.3 cm³/mol. The minimum absolute atomic E-state index is 0.242. The molecule has 0 aromatic heterocycles. The molecule has 1 fully saturated rings. The molecule has 1 unspecified atom stereocenters. The van der Waals surface area contributed by atoms with E-state index in [1.807, 2.05) is 11.8 Å². The second-order valence-electron chi connectivity index (χ2n) is 6.03. The Morgan fingerprint density at radius 2 is 1.89 bits per heavy atom. The van der Waals surface area contributed by atoms with Crippen LogP contribution < -0.4 is 5.32 Å². The van der Waals surface area contributed by atoms with Crippen LogP contribution in [0.4, 0.5) is 0 Å². The molecule has 1 atom stereocenters. The van der Waals surface area contributed by atoms with Gasteiger partial charge in [-0.3, -0.25) is 4.90 Å². The average Bonchev–Trinajstić information content (AvgIpc) is 2.32. The maximum absolute atomic E-state index is 3.46. The number of hydrogen-bond acceptors (Lipinski definition) is 3. The first-order valence-electron chi connectivity index (χ1n) is 6.65. The minimum Gasteiger partial charge on any atom is -0.313 e. The first-order chi connectivity index (χ1) is 8.47. The number of nitrogens with one attached hydrogen (secondary N) is 1. The van der Waals surface area contributed by atoms with Gasteiger partial charge in [-0.1, -0.05) is 32.9 Å². The average molecular weight is 264 g/mol. The van der Waals surface area contributed by atoms with Crippen LogP contribution in [0.5, 0.6) is 0 Å². The van der Waals surface area contributed by atoms with Crippen molar-refractivity contribution in [3.05, 3.63) is 29.8 Å². The summed E-state index contributed by atoms with van der Waals surface area (Å²) in [6.45, 7) is 10.1. The highest BCUT2D eigenvalue weighted by Gasteiger charge is 2.20. The van der Waals surface area contributed by atoms with Crippen molar-refractivity contribution in [2.24, 2.45) is 0 Å². The van der Waals surface area contributed by atoms with Crippen LogP contribution in [-0.4, -0.2) is 37.0 Å². The van der Waals surface area contributed by atoms with E-state index in [1.54, 1.807) is 0 Å². The summed E-state index contributed by atoms with van der Waals surface area (Å²) in [6.07, 6.45) is 0. The van der Waals surface area contributed by atoms with E-state index in [1.165, 1.54) is 10.5 Å². The molecule has 3 heteroatoms. The van der Waals surface area contributed by atoms with Crippen molar-refractivity contribution in [2.45, 2.75) is 36.5 Å². The third-order valence-electron chi connectivity index (χ3n) is 3.44. The molecule has 1 heterocycles. The molecule has 2 nitrogen and oxygen atoms in total. The van der Waals surface area contributed by atoms with Gasteiger partial charge in [0.2, 0.25) is 0 Å². The lowest BCUT2D eigenvalue weighted by Crippen LogP contribution is -2.47. The summed E-state index contributed by atoms with van der Waals surface area (Å²) in [4.78, 5) is 3.79. The van der Waals surface area contributed by atoms with Gasteiger partial charge in [0.15, 0.2) is 0 Å². The van der Waals surface area contributed by atoms with E-state index in [9.17, 15) is 0 Å². The smallest absolute Gasteiger partial charge is 0.0728 e. The van der Waals surface area contributed by atoms with E-state index in [-0.39, 0.29) is 5.41 Å². The highest BCUT2D eigenvalue weighted by molar-refractivity contribution is 7.99. The molecule has 1 aromatic rings. The van der Waals surface area contributed by atoms with Crippen LogP contribution in [0.3, 0.4) is 0 Å². The molecule has 1 aromatic carbocycles. The van der Waals surface area contributed by atoms with Crippen LogP contribution in [0.2, 0.25) is 0 Å². The van der Waals surface area contributed by atoms with Crippen LogP contribution in [0, 0.1) is 0 Å². The van der Waals surface area contributed by atoms with Crippen LogP contribution in [0.1, 0.15) is 26.3 Å². The lowest BCUT2D eigenvalue weighted by atomic mass is 9.87. The normalized spacial score (nSPS) is 22.1. The number of rotatable bonds is 2. The first kappa shape index (κ1) is 13.9. The molecule has 18 heavy (non-hydrogen) atoms. The molecular formula is C15H24N2S. The Morgan fingerprint density at radius 1 is 1.22 bits per heavy atom. The lowest BCUT2D eigenvalue weighted by Gasteiger charge is -2.32. The molecule has 100 valence electrons. The second kappa shape index (κ2) is 5.64. The fraction of sp³-hybridized carbons (Fsp3) is 0.600. The Morgan fingerprint density at radius 3 is 2.44 bits per heavy atom. The van der Waals surface area contributed by atoms with Gasteiger partial charge in [-0.05, 0) is 30.2 Å². The number of nitrogens with zero attached hydrogens (tertiary/aromatic N) is 1. The number of likely N-dealkylation sites (N-methyl/N-ethyl adjacent to an activating group) is 1. The van der Waals surface area contributed by atoms with E-state index in [4.69, 9.17) is 0 Å². The fourth-order valence-corrected chi connectivity index (χ4v) is 3.20. The number of hydrogen-bond donors (Lipinski definition) is 1. The van der Waals surface area contributed by atoms with Gasteiger partial charge in [-0.2, -0.15) is 0 Å². The summed E-state index contributed by atoms with van der Waals surface area (Å²) < 4.78 is 0. The van der Waals surface area contributed by atoms with Gasteiger partial charge in [0.1, 0.15) is 0 Å². The van der Waals surface area contributed by atoms with Crippen molar-refractivity contribution < 1.29 is 0 Å².